The largest absolute Gasteiger partial charge is 0.379 e. The number of morpholine rings is 1. The lowest BCUT2D eigenvalue weighted by Crippen LogP contribution is -2.37. The van der Waals surface area contributed by atoms with Crippen molar-refractivity contribution in [1.29, 1.82) is 0 Å². The summed E-state index contributed by atoms with van der Waals surface area (Å²) in [5.41, 5.74) is 3.35. The summed E-state index contributed by atoms with van der Waals surface area (Å²) < 4.78 is 36.1. The lowest BCUT2D eigenvalue weighted by molar-refractivity contribution is 0.0752. The molecule has 204 valence electrons. The van der Waals surface area contributed by atoms with Crippen molar-refractivity contribution >= 4 is 22.6 Å². The Morgan fingerprint density at radius 1 is 1.05 bits per heavy atom. The van der Waals surface area contributed by atoms with Crippen LogP contribution in [-0.4, -0.2) is 50.5 Å². The number of ether oxygens (including phenoxy) is 1. The molecule has 0 bridgehead atoms. The fourth-order valence-corrected chi connectivity index (χ4v) is 6.27. The van der Waals surface area contributed by atoms with Crippen LogP contribution >= 0.6 is 0 Å². The number of rotatable bonds is 6. The molecule has 3 aromatic rings. The molecule has 1 aliphatic heterocycles. The Hall–Kier alpha value is -2.88. The molecular weight excluding hydrogens is 503 g/mol. The van der Waals surface area contributed by atoms with Crippen LogP contribution in [-0.2, 0) is 15.7 Å². The van der Waals surface area contributed by atoms with Crippen LogP contribution in [0.2, 0.25) is 0 Å². The monoisotopic (exact) mass is 540 g/mol. The van der Waals surface area contributed by atoms with Gasteiger partial charge in [0.2, 0.25) is 0 Å². The van der Waals surface area contributed by atoms with Crippen LogP contribution in [0, 0.1) is 12.7 Å². The summed E-state index contributed by atoms with van der Waals surface area (Å²) in [6.45, 7) is 8.23. The molecule has 1 atom stereocenters. The molecule has 1 amide bonds. The van der Waals surface area contributed by atoms with E-state index in [2.05, 4.69) is 10.4 Å². The molecule has 9 heteroatoms. The van der Waals surface area contributed by atoms with Crippen LogP contribution in [0.25, 0.3) is 11.3 Å². The topological polar surface area (TPSA) is 76.5 Å². The Bertz CT molecular complexity index is 1250. The van der Waals surface area contributed by atoms with Crippen molar-refractivity contribution in [2.24, 2.45) is 0 Å². The number of carbonyl (C=O) groups is 1. The number of nitrogens with one attached hydrogen (secondary N) is 1. The molecule has 2 heterocycles. The van der Waals surface area contributed by atoms with Gasteiger partial charge in [-0.25, -0.2) is 12.9 Å². The quantitative estimate of drug-likeness (QED) is 0.408. The molecule has 1 aliphatic carbocycles. The molecule has 2 fully saturated rings. The molecule has 1 aromatic heterocycles. The number of anilines is 1. The van der Waals surface area contributed by atoms with Crippen LogP contribution in [0.5, 0.6) is 0 Å². The zero-order chi connectivity index (χ0) is 27.1. The number of carbonyl (C=O) groups excluding carboxylic acids is 1. The van der Waals surface area contributed by atoms with Crippen molar-refractivity contribution in [2.45, 2.75) is 63.8 Å². The van der Waals surface area contributed by atoms with Crippen LogP contribution in [0.1, 0.15) is 67.9 Å². The van der Waals surface area contributed by atoms with E-state index in [1.165, 1.54) is 18.6 Å². The molecule has 0 radical (unpaired) electrons. The first kappa shape index (κ1) is 28.1. The van der Waals surface area contributed by atoms with Gasteiger partial charge in [0.15, 0.2) is 0 Å². The van der Waals surface area contributed by atoms with E-state index in [1.807, 2.05) is 41.9 Å². The van der Waals surface area contributed by atoms with Gasteiger partial charge in [-0.3, -0.25) is 9.48 Å². The van der Waals surface area contributed by atoms with Gasteiger partial charge >= 0.3 is 0 Å². The van der Waals surface area contributed by atoms with Crippen LogP contribution in [0.3, 0.4) is 0 Å². The van der Waals surface area contributed by atoms with E-state index in [-0.39, 0.29) is 17.8 Å². The molecule has 2 aromatic carbocycles. The second kappa shape index (κ2) is 13.3. The second-order valence-electron chi connectivity index (χ2n) is 9.38. The molecule has 1 saturated heterocycles. The summed E-state index contributed by atoms with van der Waals surface area (Å²) in [4.78, 5) is 14.2. The molecule has 1 N–H and O–H groups in total. The normalized spacial score (nSPS) is 17.4. The molecule has 5 rings (SSSR count). The van der Waals surface area contributed by atoms with E-state index in [1.54, 1.807) is 24.4 Å². The third-order valence-electron chi connectivity index (χ3n) is 6.92. The van der Waals surface area contributed by atoms with Crippen molar-refractivity contribution in [3.63, 3.8) is 0 Å². The predicted molar refractivity (Wildman–Crippen MR) is 149 cm³/mol. The highest BCUT2D eigenvalue weighted by Gasteiger charge is 2.26. The van der Waals surface area contributed by atoms with Gasteiger partial charge in [-0.05, 0) is 61.7 Å². The van der Waals surface area contributed by atoms with E-state index in [0.29, 0.717) is 48.1 Å². The Kier molecular flexibility index (Phi) is 9.82. The standard InChI is InChI=1S/C27H31FN4O3S.C2H6/c1-19-7-12-22(17-25(19)36(34)31-13-15-35-16-14-31)30-27(33)24-18-29-32(23-5-3-2-4-6-23)26(24)20-8-10-21(28)11-9-20;1-2/h7-12,17-18,23H,2-6,13-16H2,1H3,(H,30,33);1-2H3. The molecule has 1 saturated carbocycles. The highest BCUT2D eigenvalue weighted by atomic mass is 32.2. The fourth-order valence-electron chi connectivity index (χ4n) is 4.94. The van der Waals surface area contributed by atoms with Crippen molar-refractivity contribution in [3.05, 3.63) is 65.6 Å². The minimum Gasteiger partial charge on any atom is -0.379 e. The smallest absolute Gasteiger partial charge is 0.259 e. The zero-order valence-corrected chi connectivity index (χ0v) is 23.2. The van der Waals surface area contributed by atoms with Crippen molar-refractivity contribution < 1.29 is 18.1 Å². The number of halogens is 1. The summed E-state index contributed by atoms with van der Waals surface area (Å²) in [6, 6.07) is 11.9. The van der Waals surface area contributed by atoms with Crippen LogP contribution in [0.15, 0.2) is 53.6 Å². The number of aromatic nitrogens is 2. The molecule has 1 unspecified atom stereocenters. The molecule has 7 nitrogen and oxygen atoms in total. The number of aryl methyl sites for hydroxylation is 1. The van der Waals surface area contributed by atoms with E-state index in [0.717, 1.165) is 36.8 Å². The van der Waals surface area contributed by atoms with E-state index in [9.17, 15) is 13.4 Å². The van der Waals surface area contributed by atoms with E-state index in [4.69, 9.17) is 4.74 Å². The molecule has 38 heavy (non-hydrogen) atoms. The van der Waals surface area contributed by atoms with Gasteiger partial charge in [0, 0.05) is 24.3 Å². The van der Waals surface area contributed by atoms with Crippen molar-refractivity contribution in [1.82, 2.24) is 14.1 Å². The Morgan fingerprint density at radius 3 is 2.42 bits per heavy atom. The zero-order valence-electron chi connectivity index (χ0n) is 22.4. The van der Waals surface area contributed by atoms with Gasteiger partial charge in [-0.2, -0.15) is 5.10 Å². The Morgan fingerprint density at radius 2 is 1.74 bits per heavy atom. The second-order valence-corrected chi connectivity index (χ2v) is 10.8. The number of nitrogens with zero attached hydrogens (tertiary/aromatic N) is 3. The van der Waals surface area contributed by atoms with Crippen molar-refractivity contribution in [3.8, 4) is 11.3 Å². The Balaban J connectivity index is 0.00000164. The third kappa shape index (κ3) is 6.39. The minimum absolute atomic E-state index is 0.210. The number of amides is 1. The summed E-state index contributed by atoms with van der Waals surface area (Å²) in [5, 5.41) is 7.59. The summed E-state index contributed by atoms with van der Waals surface area (Å²) in [6.07, 6.45) is 7.07. The van der Waals surface area contributed by atoms with Crippen LogP contribution in [0.4, 0.5) is 10.1 Å². The first-order valence-corrected chi connectivity index (χ1v) is 14.6. The molecular formula is C29H37FN4O3S. The molecule has 2 aliphatic rings. The third-order valence-corrected chi connectivity index (χ3v) is 8.57. The predicted octanol–water partition coefficient (Wildman–Crippen LogP) is 6.14. The van der Waals surface area contributed by atoms with Gasteiger partial charge < -0.3 is 10.1 Å². The maximum Gasteiger partial charge on any atom is 0.259 e. The average molecular weight is 541 g/mol. The SMILES string of the molecule is CC.Cc1ccc(NC(=O)c2cnn(C3CCCCC3)c2-c2ccc(F)cc2)cc1S(=O)N1CCOCC1. The Labute approximate surface area is 227 Å². The first-order chi connectivity index (χ1) is 18.5. The maximum atomic E-state index is 13.7. The highest BCUT2D eigenvalue weighted by Crippen LogP contribution is 2.34. The number of hydrogen-bond donors (Lipinski definition) is 1. The lowest BCUT2D eigenvalue weighted by atomic mass is 9.95. The van der Waals surface area contributed by atoms with E-state index < -0.39 is 11.0 Å². The summed E-state index contributed by atoms with van der Waals surface area (Å²) in [7, 11) is -1.34. The van der Waals surface area contributed by atoms with Crippen molar-refractivity contribution in [2.75, 3.05) is 31.6 Å². The first-order valence-electron chi connectivity index (χ1n) is 13.5. The summed E-state index contributed by atoms with van der Waals surface area (Å²) >= 11 is 0. The van der Waals surface area contributed by atoms with Gasteiger partial charge in [-0.1, -0.05) is 39.2 Å². The number of benzene rings is 2. The van der Waals surface area contributed by atoms with Gasteiger partial charge in [0.25, 0.3) is 5.91 Å². The minimum atomic E-state index is -1.34. The van der Waals surface area contributed by atoms with Crippen LogP contribution < -0.4 is 5.32 Å². The summed E-state index contributed by atoms with van der Waals surface area (Å²) in [5.74, 6) is -0.628. The average Bonchev–Trinajstić information content (AvgIpc) is 3.42. The van der Waals surface area contributed by atoms with Gasteiger partial charge in [0.05, 0.1) is 41.6 Å². The van der Waals surface area contributed by atoms with Gasteiger partial charge in [-0.15, -0.1) is 0 Å². The maximum absolute atomic E-state index is 13.7. The molecule has 0 spiro atoms. The lowest BCUT2D eigenvalue weighted by Gasteiger charge is -2.26. The van der Waals surface area contributed by atoms with E-state index >= 15 is 0 Å². The number of hydrogen-bond acceptors (Lipinski definition) is 4. The fraction of sp³-hybridized carbons (Fsp3) is 0.448. The van der Waals surface area contributed by atoms with Gasteiger partial charge in [0.1, 0.15) is 16.8 Å². The highest BCUT2D eigenvalue weighted by molar-refractivity contribution is 7.82.